The molecular weight excluding hydrogens is 262 g/mol. The molecule has 1 atom stereocenters. The SMILES string of the molecule is Cn1cccc1CN1CCC[C@@H](c2n[nH]c(C3CC3)n2)C1. The lowest BCUT2D eigenvalue weighted by Crippen LogP contribution is -2.34. The van der Waals surface area contributed by atoms with Crippen LogP contribution in [0.3, 0.4) is 0 Å². The Labute approximate surface area is 125 Å². The lowest BCUT2D eigenvalue weighted by Gasteiger charge is -2.31. The Bertz CT molecular complexity index is 610. The number of likely N-dealkylation sites (tertiary alicyclic amines) is 1. The first-order chi connectivity index (χ1) is 10.3. The monoisotopic (exact) mass is 285 g/mol. The normalized spacial score (nSPS) is 23.6. The first kappa shape index (κ1) is 13.1. The van der Waals surface area contributed by atoms with E-state index in [4.69, 9.17) is 4.98 Å². The van der Waals surface area contributed by atoms with Crippen molar-refractivity contribution >= 4 is 0 Å². The Morgan fingerprint density at radius 1 is 1.29 bits per heavy atom. The highest BCUT2D eigenvalue weighted by Crippen LogP contribution is 2.38. The molecule has 4 rings (SSSR count). The summed E-state index contributed by atoms with van der Waals surface area (Å²) in [5.74, 6) is 3.30. The molecule has 2 fully saturated rings. The third-order valence-corrected chi connectivity index (χ3v) is 4.79. The quantitative estimate of drug-likeness (QED) is 0.938. The fourth-order valence-electron chi connectivity index (χ4n) is 3.31. The predicted molar refractivity (Wildman–Crippen MR) is 81.0 cm³/mol. The van der Waals surface area contributed by atoms with Crippen LogP contribution in [0.25, 0.3) is 0 Å². The number of hydrogen-bond acceptors (Lipinski definition) is 3. The second kappa shape index (κ2) is 5.30. The maximum absolute atomic E-state index is 4.75. The molecule has 0 radical (unpaired) electrons. The fourth-order valence-corrected chi connectivity index (χ4v) is 3.31. The van der Waals surface area contributed by atoms with Crippen molar-refractivity contribution in [2.75, 3.05) is 13.1 Å². The number of nitrogens with zero attached hydrogens (tertiary/aromatic N) is 4. The predicted octanol–water partition coefficient (Wildman–Crippen LogP) is 2.40. The average molecular weight is 285 g/mol. The number of aromatic nitrogens is 4. The smallest absolute Gasteiger partial charge is 0.155 e. The highest BCUT2D eigenvalue weighted by molar-refractivity contribution is 5.10. The van der Waals surface area contributed by atoms with Gasteiger partial charge in [0.25, 0.3) is 0 Å². The summed E-state index contributed by atoms with van der Waals surface area (Å²) in [6.45, 7) is 3.29. The van der Waals surface area contributed by atoms with Crippen LogP contribution >= 0.6 is 0 Å². The van der Waals surface area contributed by atoms with Gasteiger partial charge in [0.15, 0.2) is 5.82 Å². The molecule has 0 bridgehead atoms. The van der Waals surface area contributed by atoms with Crippen molar-refractivity contribution in [3.8, 4) is 0 Å². The second-order valence-electron chi connectivity index (χ2n) is 6.54. The zero-order valence-electron chi connectivity index (χ0n) is 12.6. The molecular formula is C16H23N5. The summed E-state index contributed by atoms with van der Waals surface area (Å²) in [4.78, 5) is 7.28. The average Bonchev–Trinajstić information content (AvgIpc) is 3.09. The van der Waals surface area contributed by atoms with Gasteiger partial charge in [0.2, 0.25) is 0 Å². The summed E-state index contributed by atoms with van der Waals surface area (Å²) in [5, 5.41) is 7.63. The molecule has 5 nitrogen and oxygen atoms in total. The molecule has 0 amide bonds. The zero-order chi connectivity index (χ0) is 14.2. The number of hydrogen-bond donors (Lipinski definition) is 1. The van der Waals surface area contributed by atoms with Gasteiger partial charge in [-0.05, 0) is 44.4 Å². The van der Waals surface area contributed by atoms with Gasteiger partial charge in [-0.25, -0.2) is 4.98 Å². The van der Waals surface area contributed by atoms with Gasteiger partial charge in [-0.3, -0.25) is 10.00 Å². The Balaban J connectivity index is 1.43. The van der Waals surface area contributed by atoms with Gasteiger partial charge < -0.3 is 4.57 Å². The molecule has 3 heterocycles. The molecule has 0 aromatic carbocycles. The Morgan fingerprint density at radius 2 is 2.19 bits per heavy atom. The second-order valence-corrected chi connectivity index (χ2v) is 6.54. The molecule has 1 saturated carbocycles. The fraction of sp³-hybridized carbons (Fsp3) is 0.625. The van der Waals surface area contributed by atoms with Crippen molar-refractivity contribution in [3.63, 3.8) is 0 Å². The molecule has 1 aliphatic heterocycles. The van der Waals surface area contributed by atoms with Crippen molar-refractivity contribution in [1.29, 1.82) is 0 Å². The van der Waals surface area contributed by atoms with E-state index in [9.17, 15) is 0 Å². The maximum Gasteiger partial charge on any atom is 0.155 e. The van der Waals surface area contributed by atoms with Crippen LogP contribution in [-0.2, 0) is 13.6 Å². The van der Waals surface area contributed by atoms with Crippen LogP contribution in [0.15, 0.2) is 18.3 Å². The van der Waals surface area contributed by atoms with E-state index in [0.29, 0.717) is 11.8 Å². The van der Waals surface area contributed by atoms with Crippen molar-refractivity contribution in [2.24, 2.45) is 7.05 Å². The minimum atomic E-state index is 0.489. The number of nitrogens with one attached hydrogen (secondary N) is 1. The summed E-state index contributed by atoms with van der Waals surface area (Å²) in [5.41, 5.74) is 1.38. The zero-order valence-corrected chi connectivity index (χ0v) is 12.6. The molecule has 5 heteroatoms. The van der Waals surface area contributed by atoms with E-state index >= 15 is 0 Å². The lowest BCUT2D eigenvalue weighted by atomic mass is 9.97. The van der Waals surface area contributed by atoms with Crippen molar-refractivity contribution in [2.45, 2.75) is 44.1 Å². The number of aryl methyl sites for hydroxylation is 1. The van der Waals surface area contributed by atoms with Crippen LogP contribution < -0.4 is 0 Å². The van der Waals surface area contributed by atoms with E-state index in [-0.39, 0.29) is 0 Å². The Kier molecular flexibility index (Phi) is 3.30. The van der Waals surface area contributed by atoms with Gasteiger partial charge in [-0.15, -0.1) is 0 Å². The third-order valence-electron chi connectivity index (χ3n) is 4.79. The van der Waals surface area contributed by atoms with Crippen LogP contribution in [0.5, 0.6) is 0 Å². The number of piperidine rings is 1. The summed E-state index contributed by atoms with van der Waals surface area (Å²) < 4.78 is 2.21. The lowest BCUT2D eigenvalue weighted by molar-refractivity contribution is 0.193. The highest BCUT2D eigenvalue weighted by atomic mass is 15.2. The van der Waals surface area contributed by atoms with E-state index in [1.165, 1.54) is 37.9 Å². The Morgan fingerprint density at radius 3 is 2.95 bits per heavy atom. The maximum atomic E-state index is 4.75. The summed E-state index contributed by atoms with van der Waals surface area (Å²) in [7, 11) is 2.12. The minimum Gasteiger partial charge on any atom is -0.353 e. The van der Waals surface area contributed by atoms with Crippen molar-refractivity contribution in [3.05, 3.63) is 35.7 Å². The molecule has 21 heavy (non-hydrogen) atoms. The van der Waals surface area contributed by atoms with Crippen LogP contribution in [0.1, 0.15) is 54.9 Å². The standard InChI is InChI=1S/C16H23N5/c1-20-8-3-5-14(20)11-21-9-2-4-13(10-21)16-17-15(18-19-16)12-6-7-12/h3,5,8,12-13H,2,4,6-7,9-11H2,1H3,(H,17,18,19)/t13-/m1/s1. The van der Waals surface area contributed by atoms with Gasteiger partial charge >= 0.3 is 0 Å². The van der Waals surface area contributed by atoms with Gasteiger partial charge in [-0.1, -0.05) is 0 Å². The topological polar surface area (TPSA) is 49.7 Å². The number of aromatic amines is 1. The van der Waals surface area contributed by atoms with Crippen molar-refractivity contribution in [1.82, 2.24) is 24.6 Å². The molecule has 0 spiro atoms. The minimum absolute atomic E-state index is 0.489. The largest absolute Gasteiger partial charge is 0.353 e. The van der Waals surface area contributed by atoms with E-state index in [1.807, 2.05) is 0 Å². The molecule has 1 N–H and O–H groups in total. The first-order valence-electron chi connectivity index (χ1n) is 8.04. The molecule has 2 aliphatic rings. The molecule has 112 valence electrons. The van der Waals surface area contributed by atoms with Crippen LogP contribution in [-0.4, -0.2) is 37.7 Å². The van der Waals surface area contributed by atoms with Crippen molar-refractivity contribution < 1.29 is 0 Å². The van der Waals surface area contributed by atoms with E-state index < -0.39 is 0 Å². The van der Waals surface area contributed by atoms with Gasteiger partial charge in [0.05, 0.1) is 0 Å². The molecule has 1 saturated heterocycles. The molecule has 2 aromatic heterocycles. The highest BCUT2D eigenvalue weighted by Gasteiger charge is 2.30. The molecule has 1 aliphatic carbocycles. The van der Waals surface area contributed by atoms with E-state index in [2.05, 4.69) is 45.0 Å². The molecule has 2 aromatic rings. The number of H-pyrrole nitrogens is 1. The van der Waals surface area contributed by atoms with E-state index in [1.54, 1.807) is 0 Å². The molecule has 0 unspecified atom stereocenters. The summed E-state index contributed by atoms with van der Waals surface area (Å²) in [6, 6.07) is 4.33. The first-order valence-corrected chi connectivity index (χ1v) is 8.04. The Hall–Kier alpha value is -1.62. The van der Waals surface area contributed by atoms with E-state index in [0.717, 1.165) is 24.7 Å². The van der Waals surface area contributed by atoms with Crippen LogP contribution in [0, 0.1) is 0 Å². The van der Waals surface area contributed by atoms with Crippen LogP contribution in [0.2, 0.25) is 0 Å². The van der Waals surface area contributed by atoms with Crippen LogP contribution in [0.4, 0.5) is 0 Å². The summed E-state index contributed by atoms with van der Waals surface area (Å²) >= 11 is 0. The number of rotatable bonds is 4. The van der Waals surface area contributed by atoms with Gasteiger partial charge in [0, 0.05) is 43.9 Å². The summed E-state index contributed by atoms with van der Waals surface area (Å²) in [6.07, 6.45) is 7.12. The van der Waals surface area contributed by atoms with Gasteiger partial charge in [0.1, 0.15) is 5.82 Å². The van der Waals surface area contributed by atoms with Gasteiger partial charge in [-0.2, -0.15) is 5.10 Å². The third kappa shape index (κ3) is 2.75.